The van der Waals surface area contributed by atoms with Crippen molar-refractivity contribution in [1.29, 1.82) is 0 Å². The van der Waals surface area contributed by atoms with Crippen molar-refractivity contribution >= 4 is 5.97 Å². The Morgan fingerprint density at radius 3 is 2.46 bits per heavy atom. The minimum Gasteiger partial charge on any atom is -0.497 e. The summed E-state index contributed by atoms with van der Waals surface area (Å²) in [6.45, 7) is 5.37. The van der Waals surface area contributed by atoms with Crippen LogP contribution in [0.3, 0.4) is 0 Å². The lowest BCUT2D eigenvalue weighted by atomic mass is 9.75. The van der Waals surface area contributed by atoms with Crippen LogP contribution in [0.15, 0.2) is 60.7 Å². The summed E-state index contributed by atoms with van der Waals surface area (Å²) in [5, 5.41) is 8.95. The average molecular weight is 535 g/mol. The number of benzene rings is 3. The normalized spacial score (nSPS) is 17.5. The molecule has 5 rings (SSSR count). The predicted octanol–water partition coefficient (Wildman–Crippen LogP) is 8.15. The lowest BCUT2D eigenvalue weighted by Crippen LogP contribution is -2.30. The zero-order chi connectivity index (χ0) is 27.8. The summed E-state index contributed by atoms with van der Waals surface area (Å²) in [6.07, 6.45) is 6.85. The Hall–Kier alpha value is -3.38. The van der Waals surface area contributed by atoms with Gasteiger partial charge in [0.2, 0.25) is 0 Å². The standard InChI is InChI=1S/C30H33FO5.C3H6/c1-30(2)14-5-15-35-29(30)26-17-21(8-11-24(26)25-18-22(34-3)10-12-27(25)31)19-36-23-7-4-6-20(16-23)9-13-28(32)33;1-2-3-1/h4,6-8,10-12,16-18,29H,5,9,13-15,19H2,1-3H3,(H,32,33);1-3H2. The number of hydrogen-bond acceptors (Lipinski definition) is 4. The molecule has 1 unspecified atom stereocenters. The molecule has 2 aliphatic rings. The molecule has 1 aliphatic heterocycles. The molecule has 1 saturated carbocycles. The highest BCUT2D eigenvalue weighted by atomic mass is 19.1. The average Bonchev–Trinajstić information content (AvgIpc) is 3.81. The minimum absolute atomic E-state index is 0.0757. The molecule has 39 heavy (non-hydrogen) atoms. The van der Waals surface area contributed by atoms with Gasteiger partial charge in [0.1, 0.15) is 23.9 Å². The number of ether oxygens (including phenoxy) is 3. The molecule has 3 aromatic rings. The number of carboxylic acid groups (broad SMARTS) is 1. The number of carboxylic acids is 1. The van der Waals surface area contributed by atoms with E-state index in [0.717, 1.165) is 35.1 Å². The SMILES string of the molecule is C1CC1.COc1ccc(F)c(-c2ccc(COc3cccc(CCC(=O)O)c3)cc2C2OCCCC2(C)C)c1. The molecule has 1 heterocycles. The lowest BCUT2D eigenvalue weighted by molar-refractivity contribution is -0.136. The first-order valence-corrected chi connectivity index (χ1v) is 13.8. The smallest absolute Gasteiger partial charge is 0.303 e. The third-order valence-corrected chi connectivity index (χ3v) is 7.11. The van der Waals surface area contributed by atoms with Gasteiger partial charge in [-0.25, -0.2) is 4.39 Å². The quantitative estimate of drug-likeness (QED) is 0.300. The van der Waals surface area contributed by atoms with Crippen LogP contribution >= 0.6 is 0 Å². The van der Waals surface area contributed by atoms with Crippen LogP contribution in [0, 0.1) is 11.2 Å². The van der Waals surface area contributed by atoms with E-state index < -0.39 is 5.97 Å². The van der Waals surface area contributed by atoms with E-state index in [0.29, 0.717) is 36.7 Å². The zero-order valence-corrected chi connectivity index (χ0v) is 23.2. The van der Waals surface area contributed by atoms with E-state index in [-0.39, 0.29) is 23.8 Å². The number of hydrogen-bond donors (Lipinski definition) is 1. The maximum atomic E-state index is 15.0. The second-order valence-corrected chi connectivity index (χ2v) is 11.0. The second kappa shape index (κ2) is 13.1. The minimum atomic E-state index is -0.825. The Labute approximate surface area is 230 Å². The van der Waals surface area contributed by atoms with E-state index in [4.69, 9.17) is 19.3 Å². The van der Waals surface area contributed by atoms with Crippen molar-refractivity contribution in [3.8, 4) is 22.6 Å². The topological polar surface area (TPSA) is 65.0 Å². The summed E-state index contributed by atoms with van der Waals surface area (Å²) in [5.41, 5.74) is 3.94. The van der Waals surface area contributed by atoms with Gasteiger partial charge in [-0.3, -0.25) is 4.79 Å². The first-order chi connectivity index (χ1) is 18.8. The molecule has 0 amide bonds. The first kappa shape index (κ1) is 28.6. The van der Waals surface area contributed by atoms with Crippen LogP contribution in [0.5, 0.6) is 11.5 Å². The van der Waals surface area contributed by atoms with Crippen LogP contribution in [0.25, 0.3) is 11.1 Å². The highest BCUT2D eigenvalue weighted by Gasteiger charge is 2.36. The van der Waals surface area contributed by atoms with Gasteiger partial charge in [0.25, 0.3) is 0 Å². The van der Waals surface area contributed by atoms with Crippen LogP contribution in [0.1, 0.15) is 75.2 Å². The molecule has 1 N–H and O–H groups in total. The van der Waals surface area contributed by atoms with E-state index >= 15 is 0 Å². The molecule has 6 heteroatoms. The van der Waals surface area contributed by atoms with Crippen LogP contribution in [-0.2, 0) is 22.6 Å². The molecule has 0 spiro atoms. The predicted molar refractivity (Wildman–Crippen MR) is 151 cm³/mol. The largest absolute Gasteiger partial charge is 0.497 e. The van der Waals surface area contributed by atoms with E-state index in [1.807, 2.05) is 36.4 Å². The van der Waals surface area contributed by atoms with Gasteiger partial charge in [0.15, 0.2) is 0 Å². The molecule has 208 valence electrons. The van der Waals surface area contributed by atoms with Gasteiger partial charge < -0.3 is 19.3 Å². The summed E-state index contributed by atoms with van der Waals surface area (Å²) in [7, 11) is 1.57. The molecule has 0 radical (unpaired) electrons. The van der Waals surface area contributed by atoms with Gasteiger partial charge in [-0.2, -0.15) is 0 Å². The zero-order valence-electron chi connectivity index (χ0n) is 23.2. The van der Waals surface area contributed by atoms with E-state index in [2.05, 4.69) is 19.9 Å². The van der Waals surface area contributed by atoms with Crippen molar-refractivity contribution < 1.29 is 28.5 Å². The number of halogens is 1. The molecule has 2 fully saturated rings. The van der Waals surface area contributed by atoms with Gasteiger partial charge >= 0.3 is 5.97 Å². The van der Waals surface area contributed by atoms with Gasteiger partial charge in [-0.15, -0.1) is 0 Å². The number of carbonyl (C=O) groups is 1. The molecule has 0 aromatic heterocycles. The summed E-state index contributed by atoms with van der Waals surface area (Å²) in [5.74, 6) is 0.134. The third-order valence-electron chi connectivity index (χ3n) is 7.11. The van der Waals surface area contributed by atoms with Crippen molar-refractivity contribution in [3.05, 3.63) is 83.2 Å². The monoisotopic (exact) mass is 534 g/mol. The van der Waals surface area contributed by atoms with Crippen molar-refractivity contribution in [1.82, 2.24) is 0 Å². The number of methoxy groups -OCH3 is 1. The number of aryl methyl sites for hydroxylation is 1. The summed E-state index contributed by atoms with van der Waals surface area (Å²) in [6, 6.07) is 18.2. The lowest BCUT2D eigenvalue weighted by Gasteiger charge is -2.39. The molecular weight excluding hydrogens is 495 g/mol. The van der Waals surface area contributed by atoms with E-state index in [1.54, 1.807) is 19.2 Å². The molecule has 1 saturated heterocycles. The Morgan fingerprint density at radius 2 is 1.77 bits per heavy atom. The molecular formula is C33H39FO5. The van der Waals surface area contributed by atoms with Gasteiger partial charge in [0, 0.05) is 18.6 Å². The highest BCUT2D eigenvalue weighted by molar-refractivity contribution is 5.70. The van der Waals surface area contributed by atoms with Crippen LogP contribution in [0.4, 0.5) is 4.39 Å². The fourth-order valence-electron chi connectivity index (χ4n) is 4.81. The maximum Gasteiger partial charge on any atom is 0.303 e. The van der Waals surface area contributed by atoms with Crippen LogP contribution in [-0.4, -0.2) is 24.8 Å². The van der Waals surface area contributed by atoms with Gasteiger partial charge in [-0.05, 0) is 83.3 Å². The molecule has 0 bridgehead atoms. The Balaban J connectivity index is 0.00000110. The Morgan fingerprint density at radius 1 is 0.974 bits per heavy atom. The Kier molecular flexibility index (Phi) is 9.63. The van der Waals surface area contributed by atoms with Gasteiger partial charge in [0.05, 0.1) is 13.2 Å². The molecule has 1 aliphatic carbocycles. The number of aliphatic carboxylic acids is 1. The molecule has 3 aromatic carbocycles. The Bertz CT molecular complexity index is 1260. The van der Waals surface area contributed by atoms with E-state index in [9.17, 15) is 9.18 Å². The summed E-state index contributed by atoms with van der Waals surface area (Å²) in [4.78, 5) is 10.9. The fraction of sp³-hybridized carbons (Fsp3) is 0.424. The maximum absolute atomic E-state index is 15.0. The van der Waals surface area contributed by atoms with E-state index in [1.165, 1.54) is 25.3 Å². The fourth-order valence-corrected chi connectivity index (χ4v) is 4.81. The number of rotatable bonds is 9. The van der Waals surface area contributed by atoms with Crippen molar-refractivity contribution in [2.75, 3.05) is 13.7 Å². The third kappa shape index (κ3) is 8.06. The second-order valence-electron chi connectivity index (χ2n) is 11.0. The van der Waals surface area contributed by atoms with Crippen LogP contribution in [0.2, 0.25) is 0 Å². The van der Waals surface area contributed by atoms with Crippen molar-refractivity contribution in [2.24, 2.45) is 5.41 Å². The highest BCUT2D eigenvalue weighted by Crippen LogP contribution is 2.47. The molecule has 1 atom stereocenters. The van der Waals surface area contributed by atoms with Crippen molar-refractivity contribution in [3.63, 3.8) is 0 Å². The van der Waals surface area contributed by atoms with Gasteiger partial charge in [-0.1, -0.05) is 57.4 Å². The summed E-state index contributed by atoms with van der Waals surface area (Å²) < 4.78 is 32.7. The summed E-state index contributed by atoms with van der Waals surface area (Å²) >= 11 is 0. The molecule has 5 nitrogen and oxygen atoms in total. The first-order valence-electron chi connectivity index (χ1n) is 13.8. The van der Waals surface area contributed by atoms with Crippen molar-refractivity contribution in [2.45, 2.75) is 71.5 Å². The van der Waals surface area contributed by atoms with Crippen LogP contribution < -0.4 is 9.47 Å².